The zero-order valence-corrected chi connectivity index (χ0v) is 17.8. The SMILES string of the molecule is CC(=O)c1ccc2c(c1)N(Cc1ccc(C(=O)NCCc3ccccc3)cc1)C(=O)CO2. The van der Waals surface area contributed by atoms with E-state index in [4.69, 9.17) is 4.74 Å². The van der Waals surface area contributed by atoms with E-state index in [0.717, 1.165) is 12.0 Å². The van der Waals surface area contributed by atoms with Gasteiger partial charge in [-0.25, -0.2) is 0 Å². The van der Waals surface area contributed by atoms with Crippen molar-refractivity contribution in [2.45, 2.75) is 19.9 Å². The number of anilines is 1. The zero-order valence-electron chi connectivity index (χ0n) is 17.8. The highest BCUT2D eigenvalue weighted by molar-refractivity contribution is 6.01. The Kier molecular flexibility index (Phi) is 6.31. The van der Waals surface area contributed by atoms with Gasteiger partial charge in [-0.15, -0.1) is 0 Å². The van der Waals surface area contributed by atoms with E-state index in [2.05, 4.69) is 5.32 Å². The fourth-order valence-electron chi connectivity index (χ4n) is 3.61. The number of nitrogens with zero attached hydrogens (tertiary/aromatic N) is 1. The number of rotatable bonds is 7. The quantitative estimate of drug-likeness (QED) is 0.581. The van der Waals surface area contributed by atoms with Crippen LogP contribution in [0.15, 0.2) is 72.8 Å². The van der Waals surface area contributed by atoms with E-state index < -0.39 is 0 Å². The topological polar surface area (TPSA) is 75.7 Å². The molecule has 0 bridgehead atoms. The highest BCUT2D eigenvalue weighted by atomic mass is 16.5. The van der Waals surface area contributed by atoms with E-state index in [1.54, 1.807) is 35.2 Å². The molecule has 162 valence electrons. The summed E-state index contributed by atoms with van der Waals surface area (Å²) in [6.07, 6.45) is 0.769. The Bertz CT molecular complexity index is 1140. The van der Waals surface area contributed by atoms with Crippen molar-refractivity contribution < 1.29 is 19.1 Å². The van der Waals surface area contributed by atoms with Gasteiger partial charge in [0, 0.05) is 17.7 Å². The Morgan fingerprint density at radius 1 is 0.938 bits per heavy atom. The molecular weight excluding hydrogens is 404 g/mol. The second kappa shape index (κ2) is 9.47. The maximum Gasteiger partial charge on any atom is 0.265 e. The number of carbonyl (C=O) groups excluding carboxylic acids is 3. The van der Waals surface area contributed by atoms with E-state index in [0.29, 0.717) is 35.7 Å². The van der Waals surface area contributed by atoms with Gasteiger partial charge in [-0.1, -0.05) is 42.5 Å². The summed E-state index contributed by atoms with van der Waals surface area (Å²) in [5, 5.41) is 2.93. The first-order valence-corrected chi connectivity index (χ1v) is 10.5. The number of fused-ring (bicyclic) bond motifs is 1. The monoisotopic (exact) mass is 428 g/mol. The van der Waals surface area contributed by atoms with Crippen LogP contribution < -0.4 is 15.0 Å². The van der Waals surface area contributed by atoms with E-state index in [-0.39, 0.29) is 24.2 Å². The van der Waals surface area contributed by atoms with E-state index in [1.807, 2.05) is 42.5 Å². The molecule has 0 saturated heterocycles. The summed E-state index contributed by atoms with van der Waals surface area (Å²) in [7, 11) is 0. The van der Waals surface area contributed by atoms with Crippen LogP contribution in [0.5, 0.6) is 5.75 Å². The van der Waals surface area contributed by atoms with Gasteiger partial charge in [-0.05, 0) is 54.8 Å². The molecular formula is C26H24N2O4. The fourth-order valence-corrected chi connectivity index (χ4v) is 3.61. The molecule has 6 heteroatoms. The summed E-state index contributed by atoms with van der Waals surface area (Å²) in [6.45, 7) is 2.32. The van der Waals surface area contributed by atoms with Crippen molar-refractivity contribution in [3.8, 4) is 5.75 Å². The lowest BCUT2D eigenvalue weighted by Gasteiger charge is -2.29. The molecule has 1 N–H and O–H groups in total. The van der Waals surface area contributed by atoms with Crippen molar-refractivity contribution in [2.24, 2.45) is 0 Å². The van der Waals surface area contributed by atoms with Crippen molar-refractivity contribution in [1.82, 2.24) is 5.32 Å². The van der Waals surface area contributed by atoms with E-state index in [1.165, 1.54) is 12.5 Å². The molecule has 1 heterocycles. The number of carbonyl (C=O) groups is 3. The maximum atomic E-state index is 12.5. The molecule has 0 saturated carbocycles. The highest BCUT2D eigenvalue weighted by Gasteiger charge is 2.26. The molecule has 1 aliphatic heterocycles. The van der Waals surface area contributed by atoms with E-state index >= 15 is 0 Å². The van der Waals surface area contributed by atoms with Crippen LogP contribution in [0.25, 0.3) is 0 Å². The Labute approximate surface area is 186 Å². The maximum absolute atomic E-state index is 12.5. The van der Waals surface area contributed by atoms with Gasteiger partial charge in [0.1, 0.15) is 5.75 Å². The number of ether oxygens (including phenoxy) is 1. The van der Waals surface area contributed by atoms with Crippen molar-refractivity contribution in [3.63, 3.8) is 0 Å². The first-order valence-electron chi connectivity index (χ1n) is 10.5. The Hall–Kier alpha value is -3.93. The molecule has 0 aromatic heterocycles. The smallest absolute Gasteiger partial charge is 0.265 e. The first-order chi connectivity index (χ1) is 15.5. The van der Waals surface area contributed by atoms with Gasteiger partial charge in [0.15, 0.2) is 12.4 Å². The van der Waals surface area contributed by atoms with Crippen molar-refractivity contribution in [3.05, 3.63) is 95.1 Å². The van der Waals surface area contributed by atoms with Crippen LogP contribution in [0, 0.1) is 0 Å². The molecule has 0 aliphatic carbocycles. The Morgan fingerprint density at radius 3 is 2.38 bits per heavy atom. The van der Waals surface area contributed by atoms with Crippen LogP contribution in [-0.4, -0.2) is 30.7 Å². The molecule has 3 aromatic carbocycles. The number of Topliss-reactive ketones (excluding diaryl/α,β-unsaturated/α-hetero) is 1. The lowest BCUT2D eigenvalue weighted by molar-refractivity contribution is -0.121. The molecule has 0 atom stereocenters. The summed E-state index contributed by atoms with van der Waals surface area (Å²) < 4.78 is 5.50. The third-order valence-corrected chi connectivity index (χ3v) is 5.41. The molecule has 4 rings (SSSR count). The third-order valence-electron chi connectivity index (χ3n) is 5.41. The molecule has 32 heavy (non-hydrogen) atoms. The van der Waals surface area contributed by atoms with Crippen LogP contribution in [0.2, 0.25) is 0 Å². The lowest BCUT2D eigenvalue weighted by Crippen LogP contribution is -2.38. The largest absolute Gasteiger partial charge is 0.482 e. The molecule has 0 unspecified atom stereocenters. The number of hydrogen-bond acceptors (Lipinski definition) is 4. The summed E-state index contributed by atoms with van der Waals surface area (Å²) in [5.74, 6) is 0.185. The molecule has 0 radical (unpaired) electrons. The summed E-state index contributed by atoms with van der Waals surface area (Å²) in [5.41, 5.74) is 3.72. The normalized spacial score (nSPS) is 12.7. The predicted octanol–water partition coefficient (Wildman–Crippen LogP) is 3.79. The molecule has 3 aromatic rings. The molecule has 2 amide bonds. The van der Waals surface area contributed by atoms with Gasteiger partial charge in [0.25, 0.3) is 11.8 Å². The minimum absolute atomic E-state index is 0.0473. The van der Waals surface area contributed by atoms with Crippen LogP contribution in [0.4, 0.5) is 5.69 Å². The standard InChI is InChI=1S/C26H24N2O4/c1-18(29)22-11-12-24-23(15-22)28(25(30)17-32-24)16-20-7-9-21(10-8-20)26(31)27-14-13-19-5-3-2-4-6-19/h2-12,15H,13-14,16-17H2,1H3,(H,27,31). The average Bonchev–Trinajstić information content (AvgIpc) is 2.81. The average molecular weight is 428 g/mol. The summed E-state index contributed by atoms with van der Waals surface area (Å²) in [6, 6.07) is 22.3. The van der Waals surface area contributed by atoms with Crippen LogP contribution in [0.3, 0.4) is 0 Å². The minimum atomic E-state index is -0.180. The van der Waals surface area contributed by atoms with Crippen molar-refractivity contribution in [2.75, 3.05) is 18.1 Å². The van der Waals surface area contributed by atoms with Crippen LogP contribution in [-0.2, 0) is 17.8 Å². The number of benzene rings is 3. The van der Waals surface area contributed by atoms with Gasteiger partial charge >= 0.3 is 0 Å². The van der Waals surface area contributed by atoms with Gasteiger partial charge in [-0.2, -0.15) is 0 Å². The summed E-state index contributed by atoms with van der Waals surface area (Å²) in [4.78, 5) is 38.3. The van der Waals surface area contributed by atoms with Gasteiger partial charge < -0.3 is 15.0 Å². The van der Waals surface area contributed by atoms with Crippen molar-refractivity contribution >= 4 is 23.3 Å². The minimum Gasteiger partial charge on any atom is -0.482 e. The molecule has 1 aliphatic rings. The van der Waals surface area contributed by atoms with Gasteiger partial charge in [0.2, 0.25) is 0 Å². The number of nitrogens with one attached hydrogen (secondary N) is 1. The Balaban J connectivity index is 1.41. The second-order valence-electron chi connectivity index (χ2n) is 7.70. The molecule has 0 spiro atoms. The second-order valence-corrected chi connectivity index (χ2v) is 7.70. The summed E-state index contributed by atoms with van der Waals surface area (Å²) >= 11 is 0. The van der Waals surface area contributed by atoms with Crippen LogP contribution >= 0.6 is 0 Å². The molecule has 0 fully saturated rings. The Morgan fingerprint density at radius 2 is 1.66 bits per heavy atom. The van der Waals surface area contributed by atoms with Gasteiger partial charge in [-0.3, -0.25) is 14.4 Å². The van der Waals surface area contributed by atoms with Crippen molar-refractivity contribution in [1.29, 1.82) is 0 Å². The highest BCUT2D eigenvalue weighted by Crippen LogP contribution is 2.34. The number of hydrogen-bond donors (Lipinski definition) is 1. The zero-order chi connectivity index (χ0) is 22.5. The number of ketones is 1. The lowest BCUT2D eigenvalue weighted by atomic mass is 10.1. The van der Waals surface area contributed by atoms with E-state index in [9.17, 15) is 14.4 Å². The van der Waals surface area contributed by atoms with Crippen LogP contribution in [0.1, 0.15) is 38.8 Å². The number of amides is 2. The predicted molar refractivity (Wildman–Crippen MR) is 122 cm³/mol. The van der Waals surface area contributed by atoms with Gasteiger partial charge in [0.05, 0.1) is 12.2 Å². The molecule has 6 nitrogen and oxygen atoms in total. The fraction of sp³-hybridized carbons (Fsp3) is 0.192. The first kappa shape index (κ1) is 21.3. The third kappa shape index (κ3) is 4.86.